The molecule has 27 heavy (non-hydrogen) atoms. The standard InChI is InChI=1S/C19H28ClN3O2.2ClH/c20-16-5-1-3-14(11-16)18(23-7-9-25-10-8-23)13-22-19(24)15-4-2-6-17(21)12-15;;/h1,3,5,11,15,17-18H,2,4,6-10,12-13,21H2,(H,22,24);2*1H. The third kappa shape index (κ3) is 7.08. The van der Waals surface area contributed by atoms with Gasteiger partial charge in [0.2, 0.25) is 5.91 Å². The molecule has 0 aromatic heterocycles. The highest BCUT2D eigenvalue weighted by molar-refractivity contribution is 6.30. The molecule has 2 aliphatic rings. The summed E-state index contributed by atoms with van der Waals surface area (Å²) >= 11 is 6.18. The summed E-state index contributed by atoms with van der Waals surface area (Å²) < 4.78 is 5.47. The van der Waals surface area contributed by atoms with E-state index in [0.29, 0.717) is 6.54 Å². The lowest BCUT2D eigenvalue weighted by Crippen LogP contribution is -2.45. The molecule has 3 rings (SSSR count). The van der Waals surface area contributed by atoms with E-state index in [2.05, 4.69) is 16.3 Å². The van der Waals surface area contributed by atoms with Crippen LogP contribution in [0.3, 0.4) is 0 Å². The Labute approximate surface area is 179 Å². The molecule has 2 fully saturated rings. The van der Waals surface area contributed by atoms with Crippen molar-refractivity contribution >= 4 is 42.3 Å². The number of nitrogens with zero attached hydrogens (tertiary/aromatic N) is 1. The molecule has 1 aromatic carbocycles. The number of hydrogen-bond donors (Lipinski definition) is 2. The van der Waals surface area contributed by atoms with Gasteiger partial charge < -0.3 is 15.8 Å². The SMILES string of the molecule is Cl.Cl.NC1CCCC(C(=O)NCC(c2cccc(Cl)c2)N2CCOCC2)C1. The highest BCUT2D eigenvalue weighted by atomic mass is 35.5. The Morgan fingerprint density at radius 3 is 2.70 bits per heavy atom. The minimum Gasteiger partial charge on any atom is -0.379 e. The molecule has 1 saturated heterocycles. The zero-order valence-corrected chi connectivity index (χ0v) is 17.8. The lowest BCUT2D eigenvalue weighted by molar-refractivity contribution is -0.126. The predicted molar refractivity (Wildman–Crippen MR) is 114 cm³/mol. The number of carbonyl (C=O) groups is 1. The second-order valence-corrected chi connectivity index (χ2v) is 7.52. The van der Waals surface area contributed by atoms with E-state index in [9.17, 15) is 4.79 Å². The molecular weight excluding hydrogens is 409 g/mol. The van der Waals surface area contributed by atoms with E-state index < -0.39 is 0 Å². The molecule has 0 radical (unpaired) electrons. The highest BCUT2D eigenvalue weighted by Gasteiger charge is 2.28. The monoisotopic (exact) mass is 437 g/mol. The van der Waals surface area contributed by atoms with Gasteiger partial charge in [-0.2, -0.15) is 0 Å². The number of amides is 1. The molecule has 1 aromatic rings. The van der Waals surface area contributed by atoms with Gasteiger partial charge in [0, 0.05) is 36.6 Å². The van der Waals surface area contributed by atoms with E-state index in [4.69, 9.17) is 22.1 Å². The number of halogens is 3. The molecule has 3 unspecified atom stereocenters. The number of carbonyl (C=O) groups excluding carboxylic acids is 1. The van der Waals surface area contributed by atoms with E-state index >= 15 is 0 Å². The molecule has 1 amide bonds. The zero-order valence-electron chi connectivity index (χ0n) is 15.4. The van der Waals surface area contributed by atoms with Crippen molar-refractivity contribution in [2.45, 2.75) is 37.8 Å². The van der Waals surface area contributed by atoms with Gasteiger partial charge in [-0.05, 0) is 37.0 Å². The van der Waals surface area contributed by atoms with E-state index in [1.54, 1.807) is 0 Å². The average Bonchev–Trinajstić information content (AvgIpc) is 2.63. The molecule has 5 nitrogen and oxygen atoms in total. The minimum atomic E-state index is 0. The number of nitrogens with two attached hydrogens (primary N) is 1. The summed E-state index contributed by atoms with van der Waals surface area (Å²) in [4.78, 5) is 15.0. The fourth-order valence-corrected chi connectivity index (χ4v) is 4.07. The van der Waals surface area contributed by atoms with Crippen LogP contribution in [0, 0.1) is 5.92 Å². The molecule has 1 aliphatic heterocycles. The molecule has 1 saturated carbocycles. The number of hydrogen-bond acceptors (Lipinski definition) is 4. The van der Waals surface area contributed by atoms with Gasteiger partial charge in [-0.25, -0.2) is 0 Å². The first-order valence-electron chi connectivity index (χ1n) is 9.24. The van der Waals surface area contributed by atoms with Crippen LogP contribution in [0.5, 0.6) is 0 Å². The first kappa shape index (κ1) is 24.5. The van der Waals surface area contributed by atoms with E-state index in [0.717, 1.165) is 62.6 Å². The third-order valence-electron chi connectivity index (χ3n) is 5.28. The maximum Gasteiger partial charge on any atom is 0.223 e. The number of morpholine rings is 1. The molecule has 3 N–H and O–H groups in total. The van der Waals surface area contributed by atoms with Crippen LogP contribution in [-0.2, 0) is 9.53 Å². The second kappa shape index (κ2) is 12.1. The Hall–Kier alpha value is -0.560. The fourth-order valence-electron chi connectivity index (χ4n) is 3.87. The van der Waals surface area contributed by atoms with Gasteiger partial charge in [-0.1, -0.05) is 30.2 Å². The number of benzene rings is 1. The average molecular weight is 439 g/mol. The number of ether oxygens (including phenoxy) is 1. The molecule has 8 heteroatoms. The number of nitrogens with one attached hydrogen (secondary N) is 1. The zero-order chi connectivity index (χ0) is 17.6. The quantitative estimate of drug-likeness (QED) is 0.741. The predicted octanol–water partition coefficient (Wildman–Crippen LogP) is 3.19. The molecular formula is C19H30Cl3N3O2. The van der Waals surface area contributed by atoms with Gasteiger partial charge in [0.1, 0.15) is 0 Å². The summed E-state index contributed by atoms with van der Waals surface area (Å²) in [6, 6.07) is 8.19. The van der Waals surface area contributed by atoms with Crippen molar-refractivity contribution < 1.29 is 9.53 Å². The van der Waals surface area contributed by atoms with Gasteiger partial charge in [-0.15, -0.1) is 24.8 Å². The molecule has 0 spiro atoms. The lowest BCUT2D eigenvalue weighted by atomic mass is 9.85. The van der Waals surface area contributed by atoms with Gasteiger partial charge in [-0.3, -0.25) is 9.69 Å². The molecule has 154 valence electrons. The summed E-state index contributed by atoms with van der Waals surface area (Å²) in [5.41, 5.74) is 7.16. The van der Waals surface area contributed by atoms with Crippen LogP contribution in [0.4, 0.5) is 0 Å². The van der Waals surface area contributed by atoms with Gasteiger partial charge in [0.05, 0.1) is 19.3 Å². The smallest absolute Gasteiger partial charge is 0.223 e. The lowest BCUT2D eigenvalue weighted by Gasteiger charge is -2.35. The van der Waals surface area contributed by atoms with Crippen molar-refractivity contribution in [3.63, 3.8) is 0 Å². The molecule has 1 heterocycles. The minimum absolute atomic E-state index is 0. The van der Waals surface area contributed by atoms with Gasteiger partial charge in [0.25, 0.3) is 0 Å². The van der Waals surface area contributed by atoms with Crippen molar-refractivity contribution in [1.29, 1.82) is 0 Å². The van der Waals surface area contributed by atoms with Gasteiger partial charge >= 0.3 is 0 Å². The Balaban J connectivity index is 0.00000182. The van der Waals surface area contributed by atoms with Crippen LogP contribution in [0.2, 0.25) is 5.02 Å². The second-order valence-electron chi connectivity index (χ2n) is 7.09. The Kier molecular flexibility index (Phi) is 11.0. The van der Waals surface area contributed by atoms with E-state index in [1.807, 2.05) is 18.2 Å². The van der Waals surface area contributed by atoms with Crippen LogP contribution >= 0.6 is 36.4 Å². The van der Waals surface area contributed by atoms with E-state index in [1.165, 1.54) is 0 Å². The maximum absolute atomic E-state index is 12.6. The summed E-state index contributed by atoms with van der Waals surface area (Å²) in [5.74, 6) is 0.184. The Morgan fingerprint density at radius 2 is 2.04 bits per heavy atom. The summed E-state index contributed by atoms with van der Waals surface area (Å²) in [6.07, 6.45) is 3.81. The topological polar surface area (TPSA) is 67.6 Å². The van der Waals surface area contributed by atoms with Crippen LogP contribution in [0.15, 0.2) is 24.3 Å². The largest absolute Gasteiger partial charge is 0.379 e. The van der Waals surface area contributed by atoms with Crippen molar-refractivity contribution in [2.75, 3.05) is 32.8 Å². The summed E-state index contributed by atoms with van der Waals surface area (Å²) in [5, 5.41) is 3.89. The summed E-state index contributed by atoms with van der Waals surface area (Å²) in [7, 11) is 0. The molecule has 1 aliphatic carbocycles. The normalized spacial score (nSPS) is 24.2. The maximum atomic E-state index is 12.6. The van der Waals surface area contributed by atoms with E-state index in [-0.39, 0.29) is 48.7 Å². The van der Waals surface area contributed by atoms with Crippen LogP contribution in [-0.4, -0.2) is 49.7 Å². The third-order valence-corrected chi connectivity index (χ3v) is 5.51. The van der Waals surface area contributed by atoms with Crippen molar-refractivity contribution in [3.8, 4) is 0 Å². The van der Waals surface area contributed by atoms with Crippen molar-refractivity contribution in [1.82, 2.24) is 10.2 Å². The van der Waals surface area contributed by atoms with Crippen molar-refractivity contribution in [3.05, 3.63) is 34.9 Å². The first-order chi connectivity index (χ1) is 12.1. The van der Waals surface area contributed by atoms with Crippen LogP contribution in [0.1, 0.15) is 37.3 Å². The van der Waals surface area contributed by atoms with Crippen LogP contribution < -0.4 is 11.1 Å². The fraction of sp³-hybridized carbons (Fsp3) is 0.632. The van der Waals surface area contributed by atoms with Gasteiger partial charge in [0.15, 0.2) is 0 Å². The van der Waals surface area contributed by atoms with Crippen molar-refractivity contribution in [2.24, 2.45) is 11.7 Å². The Morgan fingerprint density at radius 1 is 1.30 bits per heavy atom. The molecule has 3 atom stereocenters. The number of rotatable bonds is 5. The highest BCUT2D eigenvalue weighted by Crippen LogP contribution is 2.26. The molecule has 0 bridgehead atoms. The Bertz CT molecular complexity index is 585. The summed E-state index contributed by atoms with van der Waals surface area (Å²) in [6.45, 7) is 3.76. The van der Waals surface area contributed by atoms with Crippen LogP contribution in [0.25, 0.3) is 0 Å². The first-order valence-corrected chi connectivity index (χ1v) is 9.62.